The van der Waals surface area contributed by atoms with Gasteiger partial charge in [-0.1, -0.05) is 18.3 Å². The summed E-state index contributed by atoms with van der Waals surface area (Å²) in [6, 6.07) is 5.54. The Kier molecular flexibility index (Phi) is 5.85. The monoisotopic (exact) mass is 376 g/mol. The van der Waals surface area contributed by atoms with E-state index in [1.54, 1.807) is 0 Å². The van der Waals surface area contributed by atoms with Gasteiger partial charge in [-0.25, -0.2) is 4.98 Å². The standard InChI is InChI=1S/C18H24N4O3S/c1-2-3-15(23)22-17-21-13-5-4-12(10-14(13)26-17)20-16(24)18(11-19)6-8-25-9-7-18/h4-5,10H,2-3,6-9,11,19H2,1H3,(H,20,24)(H,21,22,23). The summed E-state index contributed by atoms with van der Waals surface area (Å²) in [4.78, 5) is 28.9. The van der Waals surface area contributed by atoms with Crippen molar-refractivity contribution in [1.82, 2.24) is 4.98 Å². The fourth-order valence-corrected chi connectivity index (χ4v) is 3.94. The molecule has 4 N–H and O–H groups in total. The number of amides is 2. The Balaban J connectivity index is 1.74. The van der Waals surface area contributed by atoms with Crippen LogP contribution in [0.15, 0.2) is 18.2 Å². The number of carbonyl (C=O) groups excluding carboxylic acids is 2. The molecule has 1 saturated heterocycles. The quantitative estimate of drug-likeness (QED) is 0.719. The van der Waals surface area contributed by atoms with Crippen LogP contribution in [0.2, 0.25) is 0 Å². The molecule has 1 aliphatic heterocycles. The Hall–Kier alpha value is -2.03. The average Bonchev–Trinajstić information content (AvgIpc) is 3.03. The maximum atomic E-state index is 12.8. The smallest absolute Gasteiger partial charge is 0.232 e. The molecule has 140 valence electrons. The van der Waals surface area contributed by atoms with E-state index in [1.807, 2.05) is 25.1 Å². The Morgan fingerprint density at radius 2 is 2.08 bits per heavy atom. The van der Waals surface area contributed by atoms with E-state index >= 15 is 0 Å². The summed E-state index contributed by atoms with van der Waals surface area (Å²) in [6.07, 6.45) is 2.53. The molecule has 1 fully saturated rings. The van der Waals surface area contributed by atoms with E-state index in [4.69, 9.17) is 10.5 Å². The maximum Gasteiger partial charge on any atom is 0.232 e. The molecule has 26 heavy (non-hydrogen) atoms. The number of nitrogens with zero attached hydrogens (tertiary/aromatic N) is 1. The number of thiazole rings is 1. The molecule has 2 amide bonds. The van der Waals surface area contributed by atoms with Crippen LogP contribution in [-0.4, -0.2) is 36.6 Å². The highest BCUT2D eigenvalue weighted by Gasteiger charge is 2.38. The molecule has 1 aromatic carbocycles. The lowest BCUT2D eigenvalue weighted by atomic mass is 9.79. The van der Waals surface area contributed by atoms with Gasteiger partial charge in [-0.2, -0.15) is 0 Å². The van der Waals surface area contributed by atoms with E-state index < -0.39 is 5.41 Å². The fourth-order valence-electron chi connectivity index (χ4n) is 3.01. The third-order valence-electron chi connectivity index (χ3n) is 4.69. The Morgan fingerprint density at radius 1 is 1.31 bits per heavy atom. The first kappa shape index (κ1) is 18.8. The number of aromatic nitrogens is 1. The van der Waals surface area contributed by atoms with Crippen LogP contribution < -0.4 is 16.4 Å². The first-order chi connectivity index (χ1) is 12.6. The predicted octanol–water partition coefficient (Wildman–Crippen LogP) is 2.73. The topological polar surface area (TPSA) is 106 Å². The molecule has 0 aliphatic carbocycles. The SMILES string of the molecule is CCCC(=O)Nc1nc2ccc(NC(=O)C3(CN)CCOCC3)cc2s1. The summed E-state index contributed by atoms with van der Waals surface area (Å²) in [6.45, 7) is 3.37. The molecule has 0 radical (unpaired) electrons. The molecule has 2 heterocycles. The summed E-state index contributed by atoms with van der Waals surface area (Å²) < 4.78 is 6.27. The van der Waals surface area contributed by atoms with Crippen molar-refractivity contribution < 1.29 is 14.3 Å². The van der Waals surface area contributed by atoms with Crippen molar-refractivity contribution in [1.29, 1.82) is 0 Å². The van der Waals surface area contributed by atoms with Crippen molar-refractivity contribution in [2.24, 2.45) is 11.1 Å². The highest BCUT2D eigenvalue weighted by Crippen LogP contribution is 2.32. The van der Waals surface area contributed by atoms with Crippen molar-refractivity contribution in [2.75, 3.05) is 30.4 Å². The summed E-state index contributed by atoms with van der Waals surface area (Å²) >= 11 is 1.39. The van der Waals surface area contributed by atoms with Crippen molar-refractivity contribution in [3.8, 4) is 0 Å². The van der Waals surface area contributed by atoms with Crippen LogP contribution in [0.4, 0.5) is 10.8 Å². The summed E-state index contributed by atoms with van der Waals surface area (Å²) in [5.41, 5.74) is 6.82. The van der Waals surface area contributed by atoms with Crippen molar-refractivity contribution in [3.05, 3.63) is 18.2 Å². The Bertz CT molecular complexity index is 799. The van der Waals surface area contributed by atoms with Crippen LogP contribution >= 0.6 is 11.3 Å². The van der Waals surface area contributed by atoms with Gasteiger partial charge in [0.2, 0.25) is 11.8 Å². The van der Waals surface area contributed by atoms with Gasteiger partial charge < -0.3 is 21.1 Å². The first-order valence-corrected chi connectivity index (χ1v) is 9.68. The third kappa shape index (κ3) is 4.03. The van der Waals surface area contributed by atoms with Gasteiger partial charge in [-0.15, -0.1) is 0 Å². The van der Waals surface area contributed by atoms with Crippen LogP contribution in [0.5, 0.6) is 0 Å². The molecule has 0 saturated carbocycles. The number of carbonyl (C=O) groups is 2. The Labute approximate surface area is 156 Å². The maximum absolute atomic E-state index is 12.8. The van der Waals surface area contributed by atoms with Gasteiger partial charge in [-0.05, 0) is 37.5 Å². The lowest BCUT2D eigenvalue weighted by Crippen LogP contribution is -2.46. The fraction of sp³-hybridized carbons (Fsp3) is 0.500. The number of hydrogen-bond acceptors (Lipinski definition) is 6. The van der Waals surface area contributed by atoms with E-state index in [9.17, 15) is 9.59 Å². The second kappa shape index (κ2) is 8.11. The number of nitrogens with two attached hydrogens (primary N) is 1. The highest BCUT2D eigenvalue weighted by molar-refractivity contribution is 7.22. The number of ether oxygens (including phenoxy) is 1. The number of hydrogen-bond donors (Lipinski definition) is 3. The predicted molar refractivity (Wildman–Crippen MR) is 103 cm³/mol. The minimum atomic E-state index is -0.569. The molecule has 8 heteroatoms. The molecule has 1 aromatic heterocycles. The largest absolute Gasteiger partial charge is 0.381 e. The minimum Gasteiger partial charge on any atom is -0.381 e. The highest BCUT2D eigenvalue weighted by atomic mass is 32.1. The van der Waals surface area contributed by atoms with Crippen molar-refractivity contribution >= 4 is 44.2 Å². The normalized spacial score (nSPS) is 16.4. The third-order valence-corrected chi connectivity index (χ3v) is 5.63. The van der Waals surface area contributed by atoms with Crippen molar-refractivity contribution in [3.63, 3.8) is 0 Å². The molecule has 0 bridgehead atoms. The Morgan fingerprint density at radius 3 is 2.77 bits per heavy atom. The summed E-state index contributed by atoms with van der Waals surface area (Å²) in [5, 5.41) is 6.37. The van der Waals surface area contributed by atoms with Gasteiger partial charge in [0.25, 0.3) is 0 Å². The van der Waals surface area contributed by atoms with Crippen LogP contribution in [0.1, 0.15) is 32.6 Å². The number of benzene rings is 1. The van der Waals surface area contributed by atoms with E-state index in [0.29, 0.717) is 49.8 Å². The molecule has 0 spiro atoms. The van der Waals surface area contributed by atoms with Crippen LogP contribution in [0, 0.1) is 5.41 Å². The van der Waals surface area contributed by atoms with Gasteiger partial charge in [0, 0.05) is 31.9 Å². The molecule has 0 unspecified atom stereocenters. The summed E-state index contributed by atoms with van der Waals surface area (Å²) in [7, 11) is 0. The number of anilines is 2. The van der Waals surface area contributed by atoms with Crippen LogP contribution in [0.25, 0.3) is 10.2 Å². The van der Waals surface area contributed by atoms with Gasteiger partial charge in [0.05, 0.1) is 15.6 Å². The zero-order valence-electron chi connectivity index (χ0n) is 14.8. The number of nitrogens with one attached hydrogen (secondary N) is 2. The molecule has 1 aliphatic rings. The van der Waals surface area contributed by atoms with E-state index in [0.717, 1.165) is 16.6 Å². The molecule has 2 aromatic rings. The molecule has 7 nitrogen and oxygen atoms in total. The minimum absolute atomic E-state index is 0.0375. The molecular weight excluding hydrogens is 352 g/mol. The number of rotatable bonds is 6. The van der Waals surface area contributed by atoms with Gasteiger partial charge in [-0.3, -0.25) is 9.59 Å². The summed E-state index contributed by atoms with van der Waals surface area (Å²) in [5.74, 6) is -0.104. The zero-order chi connectivity index (χ0) is 18.6. The lowest BCUT2D eigenvalue weighted by molar-refractivity contribution is -0.130. The first-order valence-electron chi connectivity index (χ1n) is 8.86. The lowest BCUT2D eigenvalue weighted by Gasteiger charge is -2.34. The van der Waals surface area contributed by atoms with E-state index in [1.165, 1.54) is 11.3 Å². The van der Waals surface area contributed by atoms with Crippen molar-refractivity contribution in [2.45, 2.75) is 32.6 Å². The second-order valence-corrected chi connectivity index (χ2v) is 7.58. The zero-order valence-corrected chi connectivity index (χ0v) is 15.7. The van der Waals surface area contributed by atoms with Crippen LogP contribution in [-0.2, 0) is 14.3 Å². The second-order valence-electron chi connectivity index (χ2n) is 6.55. The van der Waals surface area contributed by atoms with E-state index in [-0.39, 0.29) is 11.8 Å². The molecular formula is C18H24N4O3S. The molecule has 0 atom stereocenters. The number of fused-ring (bicyclic) bond motifs is 1. The van der Waals surface area contributed by atoms with E-state index in [2.05, 4.69) is 15.6 Å². The van der Waals surface area contributed by atoms with Gasteiger partial charge in [0.15, 0.2) is 5.13 Å². The van der Waals surface area contributed by atoms with Gasteiger partial charge >= 0.3 is 0 Å². The van der Waals surface area contributed by atoms with Crippen LogP contribution in [0.3, 0.4) is 0 Å². The van der Waals surface area contributed by atoms with Gasteiger partial charge in [0.1, 0.15) is 0 Å². The average molecular weight is 376 g/mol. The molecule has 3 rings (SSSR count).